The van der Waals surface area contributed by atoms with Gasteiger partial charge in [0.25, 0.3) is 0 Å². The minimum atomic E-state index is -2.13. The lowest BCUT2D eigenvalue weighted by Crippen LogP contribution is -2.45. The largest absolute Gasteiger partial charge is 0.466 e. The molecule has 0 aliphatic carbocycles. The summed E-state index contributed by atoms with van der Waals surface area (Å²) in [4.78, 5) is 12.8. The van der Waals surface area contributed by atoms with E-state index in [1.54, 1.807) is 0 Å². The Labute approximate surface area is 208 Å². The number of benzene rings is 2. The zero-order chi connectivity index (χ0) is 25.2. The molecule has 0 saturated heterocycles. The van der Waals surface area contributed by atoms with Gasteiger partial charge >= 0.3 is 5.97 Å². The van der Waals surface area contributed by atoms with E-state index >= 15 is 0 Å². The summed E-state index contributed by atoms with van der Waals surface area (Å²) < 4.78 is 19.1. The Balaban J connectivity index is 2.44. The number of hydrogen-bond acceptors (Lipinski definition) is 4. The van der Waals surface area contributed by atoms with Crippen LogP contribution < -0.4 is 0 Å². The molecule has 0 N–H and O–H groups in total. The Morgan fingerprint density at radius 3 is 2.06 bits per heavy atom. The summed E-state index contributed by atoms with van der Waals surface area (Å²) in [5, 5.41) is 0.0496. The summed E-state index contributed by atoms with van der Waals surface area (Å²) in [6, 6.07) is 20.5. The van der Waals surface area contributed by atoms with E-state index in [0.29, 0.717) is 19.6 Å². The van der Waals surface area contributed by atoms with Crippen LogP contribution in [0.2, 0.25) is 18.1 Å². The molecule has 2 aromatic rings. The van der Waals surface area contributed by atoms with Gasteiger partial charge < -0.3 is 13.9 Å². The number of esters is 1. The van der Waals surface area contributed by atoms with Crippen LogP contribution in [0.5, 0.6) is 0 Å². The summed E-state index contributed by atoms with van der Waals surface area (Å²) >= 11 is 0. The average molecular weight is 485 g/mol. The predicted octanol–water partition coefficient (Wildman–Crippen LogP) is 7.70. The highest BCUT2D eigenvalue weighted by molar-refractivity contribution is 6.74. The Bertz CT molecular complexity index is 845. The van der Waals surface area contributed by atoms with Crippen molar-refractivity contribution in [2.45, 2.75) is 90.8 Å². The highest BCUT2D eigenvalue weighted by Crippen LogP contribution is 2.42. The van der Waals surface area contributed by atoms with Crippen LogP contribution in [0.3, 0.4) is 0 Å². The standard InChI is InChI=1S/C29H44O4Si/c1-8-16-25(28(30)31-9-2)21-26(32-22-23-17-12-10-13-18-23)27(24-19-14-11-15-20-24)33-34(6,7)29(3,4)5/h10-15,17-20,25-27H,8-9,16,21-22H2,1-7H3/t25-,26+,27-/m0/s1. The van der Waals surface area contributed by atoms with E-state index in [-0.39, 0.29) is 29.1 Å². The highest BCUT2D eigenvalue weighted by atomic mass is 28.4. The van der Waals surface area contributed by atoms with Crippen LogP contribution in [0.25, 0.3) is 0 Å². The maximum atomic E-state index is 12.8. The average Bonchev–Trinajstić information content (AvgIpc) is 2.80. The quantitative estimate of drug-likeness (QED) is 0.216. The molecular formula is C29H44O4Si. The van der Waals surface area contributed by atoms with Crippen LogP contribution in [-0.2, 0) is 25.3 Å². The first-order valence-corrected chi connectivity index (χ1v) is 15.5. The van der Waals surface area contributed by atoms with E-state index < -0.39 is 8.32 Å². The monoisotopic (exact) mass is 484 g/mol. The van der Waals surface area contributed by atoms with E-state index in [1.165, 1.54) is 0 Å². The molecule has 0 heterocycles. The summed E-state index contributed by atoms with van der Waals surface area (Å²) in [5.41, 5.74) is 2.19. The van der Waals surface area contributed by atoms with Crippen molar-refractivity contribution in [3.05, 3.63) is 71.8 Å². The number of carbonyl (C=O) groups excluding carboxylic acids is 1. The van der Waals surface area contributed by atoms with Crippen molar-refractivity contribution in [3.8, 4) is 0 Å². The van der Waals surface area contributed by atoms with Crippen LogP contribution in [0.4, 0.5) is 0 Å². The first-order chi connectivity index (χ1) is 16.1. The lowest BCUT2D eigenvalue weighted by atomic mass is 9.91. The fourth-order valence-electron chi connectivity index (χ4n) is 3.77. The molecule has 34 heavy (non-hydrogen) atoms. The van der Waals surface area contributed by atoms with Gasteiger partial charge in [0, 0.05) is 0 Å². The first kappa shape index (κ1) is 28.3. The highest BCUT2D eigenvalue weighted by Gasteiger charge is 2.42. The van der Waals surface area contributed by atoms with Crippen LogP contribution in [0, 0.1) is 5.92 Å². The second-order valence-corrected chi connectivity index (χ2v) is 15.3. The van der Waals surface area contributed by atoms with Gasteiger partial charge in [-0.05, 0) is 49.0 Å². The molecule has 3 atom stereocenters. The molecule has 0 unspecified atom stereocenters. The molecule has 0 aliphatic rings. The van der Waals surface area contributed by atoms with E-state index in [1.807, 2.05) is 43.3 Å². The van der Waals surface area contributed by atoms with E-state index in [2.05, 4.69) is 65.1 Å². The molecule has 0 amide bonds. The van der Waals surface area contributed by atoms with E-state index in [4.69, 9.17) is 13.9 Å². The van der Waals surface area contributed by atoms with Crippen LogP contribution >= 0.6 is 0 Å². The van der Waals surface area contributed by atoms with Crippen molar-refractivity contribution in [2.24, 2.45) is 5.92 Å². The lowest BCUT2D eigenvalue weighted by molar-refractivity contribution is -0.151. The third-order valence-corrected chi connectivity index (χ3v) is 11.2. The minimum absolute atomic E-state index is 0.0496. The summed E-state index contributed by atoms with van der Waals surface area (Å²) in [6.07, 6.45) is 1.70. The summed E-state index contributed by atoms with van der Waals surface area (Å²) in [7, 11) is -2.13. The molecule has 2 rings (SSSR count). The van der Waals surface area contributed by atoms with Gasteiger partial charge in [0.05, 0.1) is 31.3 Å². The smallest absolute Gasteiger partial charge is 0.309 e. The Morgan fingerprint density at radius 1 is 0.941 bits per heavy atom. The minimum Gasteiger partial charge on any atom is -0.466 e. The molecular weight excluding hydrogens is 440 g/mol. The molecule has 188 valence electrons. The van der Waals surface area contributed by atoms with E-state index in [0.717, 1.165) is 24.0 Å². The molecule has 0 aromatic heterocycles. The van der Waals surface area contributed by atoms with Crippen LogP contribution in [0.15, 0.2) is 60.7 Å². The fourth-order valence-corrected chi connectivity index (χ4v) is 5.05. The number of carbonyl (C=O) groups is 1. The first-order valence-electron chi connectivity index (χ1n) is 12.6. The van der Waals surface area contributed by atoms with Gasteiger partial charge in [-0.2, -0.15) is 0 Å². The van der Waals surface area contributed by atoms with E-state index in [9.17, 15) is 4.79 Å². The molecule has 2 aromatic carbocycles. The Kier molecular flexibility index (Phi) is 11.0. The van der Waals surface area contributed by atoms with Gasteiger partial charge in [-0.15, -0.1) is 0 Å². The van der Waals surface area contributed by atoms with Crippen molar-refractivity contribution in [1.29, 1.82) is 0 Å². The van der Waals surface area contributed by atoms with Crippen molar-refractivity contribution < 1.29 is 18.7 Å². The molecule has 5 heteroatoms. The topological polar surface area (TPSA) is 44.8 Å². The maximum Gasteiger partial charge on any atom is 0.309 e. The fraction of sp³-hybridized carbons (Fsp3) is 0.552. The van der Waals surface area contributed by atoms with Crippen molar-refractivity contribution in [2.75, 3.05) is 6.61 Å². The molecule has 0 spiro atoms. The second kappa shape index (κ2) is 13.2. The number of hydrogen-bond donors (Lipinski definition) is 0. The molecule has 0 radical (unpaired) electrons. The molecule has 4 nitrogen and oxygen atoms in total. The molecule has 0 fully saturated rings. The van der Waals surface area contributed by atoms with Gasteiger partial charge in [-0.1, -0.05) is 94.8 Å². The molecule has 0 bridgehead atoms. The Morgan fingerprint density at radius 2 is 1.53 bits per heavy atom. The molecule has 0 saturated carbocycles. The predicted molar refractivity (Wildman–Crippen MR) is 142 cm³/mol. The van der Waals surface area contributed by atoms with Gasteiger partial charge in [0.15, 0.2) is 8.32 Å². The summed E-state index contributed by atoms with van der Waals surface area (Å²) in [6.45, 7) is 16.1. The van der Waals surface area contributed by atoms with Gasteiger partial charge in [-0.25, -0.2) is 0 Å². The van der Waals surface area contributed by atoms with Gasteiger partial charge in [-0.3, -0.25) is 4.79 Å². The van der Waals surface area contributed by atoms with Crippen LogP contribution in [0.1, 0.15) is 71.1 Å². The van der Waals surface area contributed by atoms with Crippen molar-refractivity contribution in [3.63, 3.8) is 0 Å². The molecule has 0 aliphatic heterocycles. The number of rotatable bonds is 13. The van der Waals surface area contributed by atoms with Gasteiger partial charge in [0.2, 0.25) is 0 Å². The third-order valence-electron chi connectivity index (χ3n) is 6.77. The SMILES string of the molecule is CCC[C@@H](C[C@@H](OCc1ccccc1)[C@@H](O[Si](C)(C)C(C)(C)C)c1ccccc1)C(=O)OCC. The second-order valence-electron chi connectivity index (χ2n) is 10.5. The Hall–Kier alpha value is -1.95. The van der Waals surface area contributed by atoms with Crippen molar-refractivity contribution in [1.82, 2.24) is 0 Å². The summed E-state index contributed by atoms with van der Waals surface area (Å²) in [5.74, 6) is -0.364. The van der Waals surface area contributed by atoms with Crippen molar-refractivity contribution >= 4 is 14.3 Å². The number of ether oxygens (including phenoxy) is 2. The lowest BCUT2D eigenvalue weighted by Gasteiger charge is -2.42. The van der Waals surface area contributed by atoms with Crippen LogP contribution in [-0.4, -0.2) is 27.0 Å². The van der Waals surface area contributed by atoms with Gasteiger partial charge in [0.1, 0.15) is 0 Å². The zero-order valence-corrected chi connectivity index (χ0v) is 23.2. The maximum absolute atomic E-state index is 12.8. The normalized spacial score (nSPS) is 14.9. The zero-order valence-electron chi connectivity index (χ0n) is 22.2. The third kappa shape index (κ3) is 8.37.